The molecule has 5 nitrogen and oxygen atoms in total. The van der Waals surface area contributed by atoms with Crippen molar-refractivity contribution in [3.05, 3.63) is 18.2 Å². The van der Waals surface area contributed by atoms with E-state index in [1.807, 2.05) is 19.4 Å². The van der Waals surface area contributed by atoms with Crippen LogP contribution in [0.25, 0.3) is 0 Å². The second kappa shape index (κ2) is 4.58. The van der Waals surface area contributed by atoms with Crippen LogP contribution < -0.4 is 0 Å². The van der Waals surface area contributed by atoms with E-state index in [0.717, 1.165) is 37.8 Å². The lowest BCUT2D eigenvalue weighted by molar-refractivity contribution is -0.129. The predicted octanol–water partition coefficient (Wildman–Crippen LogP) is 1.01. The Kier molecular flexibility index (Phi) is 2.84. The van der Waals surface area contributed by atoms with Crippen LogP contribution >= 0.6 is 0 Å². The van der Waals surface area contributed by atoms with E-state index in [9.17, 15) is 4.79 Å². The number of carbonyl (C=O) groups excluding carboxylic acids is 1. The highest BCUT2D eigenvalue weighted by Crippen LogP contribution is 2.37. The summed E-state index contributed by atoms with van der Waals surface area (Å²) in [5, 5.41) is 0. The summed E-state index contributed by atoms with van der Waals surface area (Å²) in [6, 6.07) is 0.876. The van der Waals surface area contributed by atoms with Gasteiger partial charge in [0.25, 0.3) is 0 Å². The fourth-order valence-electron chi connectivity index (χ4n) is 3.75. The van der Waals surface area contributed by atoms with E-state index in [4.69, 9.17) is 0 Å². The van der Waals surface area contributed by atoms with Crippen molar-refractivity contribution in [3.63, 3.8) is 0 Å². The van der Waals surface area contributed by atoms with Gasteiger partial charge >= 0.3 is 0 Å². The maximum atomic E-state index is 12.2. The highest BCUT2D eigenvalue weighted by atomic mass is 16.2. The molecule has 2 atom stereocenters. The largest absolute Gasteiger partial charge is 0.338 e. The van der Waals surface area contributed by atoms with Crippen molar-refractivity contribution >= 4 is 5.91 Å². The molecule has 3 aliphatic rings. The minimum Gasteiger partial charge on any atom is -0.338 e. The van der Waals surface area contributed by atoms with Crippen molar-refractivity contribution in [2.75, 3.05) is 13.1 Å². The normalized spacial score (nSPS) is 30.2. The first kappa shape index (κ1) is 12.4. The van der Waals surface area contributed by atoms with Gasteiger partial charge in [-0.15, -0.1) is 0 Å². The fraction of sp³-hybridized carbons (Fsp3) is 0.733. The van der Waals surface area contributed by atoms with E-state index < -0.39 is 0 Å². The van der Waals surface area contributed by atoms with Gasteiger partial charge in [0.05, 0.1) is 6.54 Å². The standard InChI is InChI=1S/C15H22N4O/c1-17-7-5-16-14(17)10-18-6-4-12-13(18)8-15(20)19(12)9-11-2-3-11/h5,7,11-13H,2-4,6,8-10H2,1H3/t12-,13-/m1/s1. The Morgan fingerprint density at radius 3 is 2.85 bits per heavy atom. The lowest BCUT2D eigenvalue weighted by Gasteiger charge is -2.25. The zero-order chi connectivity index (χ0) is 13.7. The summed E-state index contributed by atoms with van der Waals surface area (Å²) in [7, 11) is 2.04. The van der Waals surface area contributed by atoms with Crippen molar-refractivity contribution in [1.82, 2.24) is 19.4 Å². The van der Waals surface area contributed by atoms with Gasteiger partial charge < -0.3 is 9.47 Å². The molecule has 2 aliphatic heterocycles. The number of rotatable bonds is 4. The number of imidazole rings is 1. The van der Waals surface area contributed by atoms with E-state index in [-0.39, 0.29) is 0 Å². The Bertz CT molecular complexity index is 522. The number of likely N-dealkylation sites (tertiary alicyclic amines) is 2. The molecule has 0 aromatic carbocycles. The van der Waals surface area contributed by atoms with Crippen LogP contribution in [0.4, 0.5) is 0 Å². The molecule has 0 radical (unpaired) electrons. The number of hydrogen-bond acceptors (Lipinski definition) is 3. The van der Waals surface area contributed by atoms with Gasteiger partial charge in [0.15, 0.2) is 0 Å². The molecule has 1 amide bonds. The summed E-state index contributed by atoms with van der Waals surface area (Å²) in [6.07, 6.45) is 8.32. The van der Waals surface area contributed by atoms with Crippen LogP contribution in [0, 0.1) is 5.92 Å². The molecule has 0 unspecified atom stereocenters. The van der Waals surface area contributed by atoms with Gasteiger partial charge in [-0.05, 0) is 25.2 Å². The Labute approximate surface area is 119 Å². The molecule has 2 saturated heterocycles. The van der Waals surface area contributed by atoms with Gasteiger partial charge in [-0.1, -0.05) is 0 Å². The second-order valence-electron chi connectivity index (χ2n) is 6.54. The molecule has 0 bridgehead atoms. The highest BCUT2D eigenvalue weighted by molar-refractivity contribution is 5.80. The SMILES string of the molecule is Cn1ccnc1CN1CC[C@@H]2[C@H]1CC(=O)N2CC1CC1. The number of fused-ring (bicyclic) bond motifs is 1. The number of hydrogen-bond donors (Lipinski definition) is 0. The van der Waals surface area contributed by atoms with Crippen LogP contribution in [0.15, 0.2) is 12.4 Å². The molecule has 3 heterocycles. The number of aromatic nitrogens is 2. The molecule has 3 fully saturated rings. The zero-order valence-electron chi connectivity index (χ0n) is 12.0. The van der Waals surface area contributed by atoms with Crippen LogP contribution in [0.5, 0.6) is 0 Å². The molecule has 1 aliphatic carbocycles. The Hall–Kier alpha value is -1.36. The van der Waals surface area contributed by atoms with Crippen molar-refractivity contribution in [2.45, 2.75) is 44.3 Å². The van der Waals surface area contributed by atoms with E-state index >= 15 is 0 Å². The quantitative estimate of drug-likeness (QED) is 0.822. The van der Waals surface area contributed by atoms with Gasteiger partial charge in [-0.25, -0.2) is 4.98 Å². The summed E-state index contributed by atoms with van der Waals surface area (Å²) >= 11 is 0. The summed E-state index contributed by atoms with van der Waals surface area (Å²) < 4.78 is 2.08. The molecule has 1 aromatic rings. The monoisotopic (exact) mass is 274 g/mol. The third-order valence-electron chi connectivity index (χ3n) is 5.15. The van der Waals surface area contributed by atoms with Crippen LogP contribution in [0.1, 0.15) is 31.5 Å². The van der Waals surface area contributed by atoms with Gasteiger partial charge in [-0.2, -0.15) is 0 Å². The molecule has 108 valence electrons. The molecule has 5 heteroatoms. The summed E-state index contributed by atoms with van der Waals surface area (Å²) in [5.41, 5.74) is 0. The third kappa shape index (κ3) is 2.04. The molecule has 0 spiro atoms. The predicted molar refractivity (Wildman–Crippen MR) is 74.9 cm³/mol. The van der Waals surface area contributed by atoms with Crippen LogP contribution in [-0.4, -0.2) is 50.4 Å². The lowest BCUT2D eigenvalue weighted by Crippen LogP contribution is -2.38. The van der Waals surface area contributed by atoms with Gasteiger partial charge in [0, 0.05) is 51.0 Å². The first-order valence-corrected chi connectivity index (χ1v) is 7.72. The topological polar surface area (TPSA) is 41.4 Å². The number of aryl methyl sites for hydroxylation is 1. The molecule has 1 saturated carbocycles. The Morgan fingerprint density at radius 2 is 2.15 bits per heavy atom. The van der Waals surface area contributed by atoms with E-state index in [1.54, 1.807) is 0 Å². The van der Waals surface area contributed by atoms with E-state index in [0.29, 0.717) is 24.4 Å². The minimum absolute atomic E-state index is 0.372. The van der Waals surface area contributed by atoms with E-state index in [1.165, 1.54) is 12.8 Å². The van der Waals surface area contributed by atoms with Crippen LogP contribution in [-0.2, 0) is 18.4 Å². The van der Waals surface area contributed by atoms with Gasteiger partial charge in [-0.3, -0.25) is 9.69 Å². The highest BCUT2D eigenvalue weighted by Gasteiger charge is 2.47. The van der Waals surface area contributed by atoms with E-state index in [2.05, 4.69) is 19.4 Å². The molecule has 4 rings (SSSR count). The smallest absolute Gasteiger partial charge is 0.224 e. The van der Waals surface area contributed by atoms with Crippen molar-refractivity contribution < 1.29 is 4.79 Å². The van der Waals surface area contributed by atoms with Gasteiger partial charge in [0.1, 0.15) is 5.82 Å². The molecule has 0 N–H and O–H groups in total. The first-order valence-electron chi connectivity index (χ1n) is 7.72. The zero-order valence-corrected chi connectivity index (χ0v) is 12.0. The summed E-state index contributed by atoms with van der Waals surface area (Å²) in [5.74, 6) is 2.26. The maximum absolute atomic E-state index is 12.2. The average Bonchev–Trinajstić information content (AvgIpc) is 2.93. The van der Waals surface area contributed by atoms with Crippen molar-refractivity contribution in [1.29, 1.82) is 0 Å². The average molecular weight is 274 g/mol. The first-order chi connectivity index (χ1) is 9.72. The molecule has 20 heavy (non-hydrogen) atoms. The fourth-order valence-corrected chi connectivity index (χ4v) is 3.75. The molecular weight excluding hydrogens is 252 g/mol. The summed E-state index contributed by atoms with van der Waals surface area (Å²) in [4.78, 5) is 21.3. The number of carbonyl (C=O) groups is 1. The second-order valence-corrected chi connectivity index (χ2v) is 6.54. The maximum Gasteiger partial charge on any atom is 0.224 e. The molecular formula is C15H22N4O. The van der Waals surface area contributed by atoms with Crippen LogP contribution in [0.3, 0.4) is 0 Å². The molecule has 1 aromatic heterocycles. The lowest BCUT2D eigenvalue weighted by atomic mass is 10.1. The Morgan fingerprint density at radius 1 is 1.30 bits per heavy atom. The number of nitrogens with zero attached hydrogens (tertiary/aromatic N) is 4. The third-order valence-corrected chi connectivity index (χ3v) is 5.15. The number of amides is 1. The Balaban J connectivity index is 1.46. The summed E-state index contributed by atoms with van der Waals surface area (Å²) in [6.45, 7) is 2.97. The minimum atomic E-state index is 0.372. The van der Waals surface area contributed by atoms with Crippen LogP contribution in [0.2, 0.25) is 0 Å². The van der Waals surface area contributed by atoms with Gasteiger partial charge in [0.2, 0.25) is 5.91 Å². The van der Waals surface area contributed by atoms with Crippen molar-refractivity contribution in [2.24, 2.45) is 13.0 Å². The van der Waals surface area contributed by atoms with Crippen molar-refractivity contribution in [3.8, 4) is 0 Å².